The Bertz CT molecular complexity index is 1050. The molecule has 0 unspecified atom stereocenters. The van der Waals surface area contributed by atoms with Crippen LogP contribution < -0.4 is 9.47 Å². The number of piperidine rings is 1. The normalized spacial score (nSPS) is 17.5. The van der Waals surface area contributed by atoms with Gasteiger partial charge >= 0.3 is 0 Å². The van der Waals surface area contributed by atoms with Gasteiger partial charge in [0.25, 0.3) is 0 Å². The van der Waals surface area contributed by atoms with E-state index in [1.807, 2.05) is 49.1 Å². The van der Waals surface area contributed by atoms with Gasteiger partial charge in [0, 0.05) is 37.0 Å². The number of carbonyl (C=O) groups excluding carboxylic acids is 2. The molecule has 2 aromatic rings. The van der Waals surface area contributed by atoms with Crippen LogP contribution in [0, 0.1) is 13.8 Å². The van der Waals surface area contributed by atoms with Crippen molar-refractivity contribution in [3.63, 3.8) is 0 Å². The molecular formula is C25H26ClNO4. The van der Waals surface area contributed by atoms with Crippen LogP contribution in [0.3, 0.4) is 0 Å². The topological polar surface area (TPSA) is 55.8 Å². The lowest BCUT2D eigenvalue weighted by atomic mass is 9.81. The van der Waals surface area contributed by atoms with Crippen molar-refractivity contribution in [2.45, 2.75) is 38.7 Å². The van der Waals surface area contributed by atoms with E-state index in [1.54, 1.807) is 19.3 Å². The Labute approximate surface area is 187 Å². The minimum atomic E-state index is -0.548. The summed E-state index contributed by atoms with van der Waals surface area (Å²) in [6.45, 7) is 4.89. The molecule has 0 aliphatic carbocycles. The number of carbonyl (C=O) groups is 2. The van der Waals surface area contributed by atoms with Crippen molar-refractivity contribution in [1.29, 1.82) is 0 Å². The van der Waals surface area contributed by atoms with Crippen LogP contribution in [-0.4, -0.2) is 42.4 Å². The van der Waals surface area contributed by atoms with Gasteiger partial charge in [-0.05, 0) is 54.8 Å². The van der Waals surface area contributed by atoms with Crippen LogP contribution in [0.1, 0.15) is 46.3 Å². The van der Waals surface area contributed by atoms with Crippen LogP contribution in [0.2, 0.25) is 5.02 Å². The number of ketones is 1. The molecular weight excluding hydrogens is 414 g/mol. The Morgan fingerprint density at radius 1 is 1.19 bits per heavy atom. The maximum absolute atomic E-state index is 12.9. The summed E-state index contributed by atoms with van der Waals surface area (Å²) in [5, 5.41) is 0.621. The summed E-state index contributed by atoms with van der Waals surface area (Å²) in [6, 6.07) is 9.39. The third-order valence-corrected chi connectivity index (χ3v) is 6.83. The molecule has 6 heteroatoms. The third-order valence-electron chi connectivity index (χ3n) is 6.25. The maximum atomic E-state index is 12.9. The monoisotopic (exact) mass is 439 g/mol. The van der Waals surface area contributed by atoms with Crippen molar-refractivity contribution in [2.75, 3.05) is 20.2 Å². The van der Waals surface area contributed by atoms with E-state index < -0.39 is 5.60 Å². The summed E-state index contributed by atoms with van der Waals surface area (Å²) in [7, 11) is 1.62. The molecule has 0 N–H and O–H groups in total. The highest BCUT2D eigenvalue weighted by Crippen LogP contribution is 2.43. The zero-order valence-electron chi connectivity index (χ0n) is 18.0. The number of Topliss-reactive ketones (excluding diaryl/α,β-unsaturated/α-hetero) is 1. The summed E-state index contributed by atoms with van der Waals surface area (Å²) >= 11 is 6.34. The van der Waals surface area contributed by atoms with Crippen molar-refractivity contribution >= 4 is 29.4 Å². The van der Waals surface area contributed by atoms with Gasteiger partial charge in [-0.1, -0.05) is 23.7 Å². The molecule has 0 radical (unpaired) electrons. The van der Waals surface area contributed by atoms with E-state index in [9.17, 15) is 9.59 Å². The molecule has 1 fully saturated rings. The Kier molecular flexibility index (Phi) is 5.80. The number of hydrogen-bond donors (Lipinski definition) is 0. The van der Waals surface area contributed by atoms with E-state index in [4.69, 9.17) is 21.1 Å². The first-order valence-electron chi connectivity index (χ1n) is 10.4. The zero-order chi connectivity index (χ0) is 22.2. The van der Waals surface area contributed by atoms with Crippen LogP contribution in [0.25, 0.3) is 6.08 Å². The van der Waals surface area contributed by atoms with Gasteiger partial charge in [0.15, 0.2) is 5.78 Å². The second-order valence-corrected chi connectivity index (χ2v) is 8.70. The molecule has 31 heavy (non-hydrogen) atoms. The molecule has 5 nitrogen and oxygen atoms in total. The molecule has 2 aliphatic heterocycles. The number of rotatable bonds is 3. The predicted octanol–water partition coefficient (Wildman–Crippen LogP) is 5.01. The second kappa shape index (κ2) is 8.39. The molecule has 0 saturated carbocycles. The van der Waals surface area contributed by atoms with Crippen LogP contribution >= 0.6 is 11.6 Å². The number of fused-ring (bicyclic) bond motifs is 1. The molecule has 1 spiro atoms. The Hall–Kier alpha value is -2.79. The maximum Gasteiger partial charge on any atom is 0.246 e. The number of nitrogens with zero attached hydrogens (tertiary/aromatic N) is 1. The second-order valence-electron chi connectivity index (χ2n) is 8.32. The van der Waals surface area contributed by atoms with Crippen LogP contribution in [0.4, 0.5) is 0 Å². The summed E-state index contributed by atoms with van der Waals surface area (Å²) in [4.78, 5) is 27.4. The van der Waals surface area contributed by atoms with Gasteiger partial charge in [0.2, 0.25) is 5.91 Å². The number of amides is 1. The summed E-state index contributed by atoms with van der Waals surface area (Å²) in [6.07, 6.45) is 4.97. The SMILES string of the molecule is COc1ccc(/C=C/C(=O)N2CCC3(CC2)CC(=O)c2c(cc(C)c(Cl)c2C)O3)cc1. The highest BCUT2D eigenvalue weighted by atomic mass is 35.5. The van der Waals surface area contributed by atoms with E-state index in [0.717, 1.165) is 22.4 Å². The average Bonchev–Trinajstić information content (AvgIpc) is 2.76. The molecule has 0 bridgehead atoms. The fraction of sp³-hybridized carbons (Fsp3) is 0.360. The van der Waals surface area contributed by atoms with E-state index in [0.29, 0.717) is 48.7 Å². The summed E-state index contributed by atoms with van der Waals surface area (Å²) in [5.41, 5.74) is 2.67. The first-order valence-corrected chi connectivity index (χ1v) is 10.8. The molecule has 4 rings (SSSR count). The number of ether oxygens (including phenoxy) is 2. The van der Waals surface area contributed by atoms with Gasteiger partial charge in [-0.2, -0.15) is 0 Å². The fourth-order valence-corrected chi connectivity index (χ4v) is 4.55. The number of benzene rings is 2. The van der Waals surface area contributed by atoms with Gasteiger partial charge in [0.05, 0.1) is 19.1 Å². The molecule has 1 amide bonds. The first-order chi connectivity index (χ1) is 14.8. The third kappa shape index (κ3) is 4.19. The molecule has 0 aromatic heterocycles. The number of likely N-dealkylation sites (tertiary alicyclic amines) is 1. The van der Waals surface area contributed by atoms with Crippen molar-refractivity contribution in [2.24, 2.45) is 0 Å². The quantitative estimate of drug-likeness (QED) is 0.631. The van der Waals surface area contributed by atoms with Crippen molar-refractivity contribution < 1.29 is 19.1 Å². The van der Waals surface area contributed by atoms with Gasteiger partial charge in [-0.3, -0.25) is 9.59 Å². The summed E-state index contributed by atoms with van der Waals surface area (Å²) in [5.74, 6) is 1.43. The highest BCUT2D eigenvalue weighted by molar-refractivity contribution is 6.32. The van der Waals surface area contributed by atoms with Gasteiger partial charge < -0.3 is 14.4 Å². The first kappa shape index (κ1) is 21.4. The van der Waals surface area contributed by atoms with E-state index in [2.05, 4.69) is 0 Å². The van der Waals surface area contributed by atoms with E-state index in [1.165, 1.54) is 0 Å². The lowest BCUT2D eigenvalue weighted by Crippen LogP contribution is -2.52. The standard InChI is InChI=1S/C25H26ClNO4/c1-16-14-21-23(17(2)24(16)26)20(28)15-25(31-21)10-12-27(13-11-25)22(29)9-6-18-4-7-19(30-3)8-5-18/h4-9,14H,10-13,15H2,1-3H3/b9-6+. The van der Waals surface area contributed by atoms with Crippen LogP contribution in [-0.2, 0) is 4.79 Å². The lowest BCUT2D eigenvalue weighted by Gasteiger charge is -2.44. The van der Waals surface area contributed by atoms with Gasteiger partial charge in [0.1, 0.15) is 17.1 Å². The summed E-state index contributed by atoms with van der Waals surface area (Å²) < 4.78 is 11.5. The van der Waals surface area contributed by atoms with E-state index in [-0.39, 0.29) is 11.7 Å². The molecule has 2 aliphatic rings. The molecule has 2 aromatic carbocycles. The fourth-order valence-electron chi connectivity index (χ4n) is 4.40. The van der Waals surface area contributed by atoms with Crippen molar-refractivity contribution in [3.05, 3.63) is 63.7 Å². The predicted molar refractivity (Wildman–Crippen MR) is 121 cm³/mol. The molecule has 2 heterocycles. The van der Waals surface area contributed by atoms with E-state index >= 15 is 0 Å². The molecule has 1 saturated heterocycles. The number of halogens is 1. The van der Waals surface area contributed by atoms with Crippen molar-refractivity contribution in [3.8, 4) is 11.5 Å². The smallest absolute Gasteiger partial charge is 0.246 e. The van der Waals surface area contributed by atoms with Crippen LogP contribution in [0.5, 0.6) is 11.5 Å². The zero-order valence-corrected chi connectivity index (χ0v) is 18.8. The Morgan fingerprint density at radius 3 is 2.52 bits per heavy atom. The lowest BCUT2D eigenvalue weighted by molar-refractivity contribution is -0.129. The van der Waals surface area contributed by atoms with Crippen LogP contribution in [0.15, 0.2) is 36.4 Å². The Morgan fingerprint density at radius 2 is 1.87 bits per heavy atom. The number of aryl methyl sites for hydroxylation is 1. The highest BCUT2D eigenvalue weighted by Gasteiger charge is 2.44. The molecule has 0 atom stereocenters. The largest absolute Gasteiger partial charge is 0.497 e. The van der Waals surface area contributed by atoms with Crippen molar-refractivity contribution in [1.82, 2.24) is 4.90 Å². The molecule has 162 valence electrons. The number of hydrogen-bond acceptors (Lipinski definition) is 4. The number of methoxy groups -OCH3 is 1. The van der Waals surface area contributed by atoms with Gasteiger partial charge in [-0.25, -0.2) is 0 Å². The average molecular weight is 440 g/mol. The Balaban J connectivity index is 1.43. The minimum Gasteiger partial charge on any atom is -0.497 e. The minimum absolute atomic E-state index is 0.0355. The van der Waals surface area contributed by atoms with Gasteiger partial charge in [-0.15, -0.1) is 0 Å².